The van der Waals surface area contributed by atoms with Crippen LogP contribution in [0.4, 0.5) is 0 Å². The fourth-order valence-electron chi connectivity index (χ4n) is 5.13. The number of sulfonamides is 1. The Bertz CT molecular complexity index is 920. The highest BCUT2D eigenvalue weighted by atomic mass is 32.2. The number of rotatable bonds is 5. The Labute approximate surface area is 185 Å². The minimum atomic E-state index is -3.62. The number of aryl methyl sites for hydroxylation is 3. The van der Waals surface area contributed by atoms with Crippen LogP contribution < -0.4 is 5.32 Å². The third-order valence-electron chi connectivity index (χ3n) is 6.67. The van der Waals surface area contributed by atoms with Gasteiger partial charge in [-0.25, -0.2) is 13.2 Å². The zero-order chi connectivity index (χ0) is 22.8. The van der Waals surface area contributed by atoms with E-state index in [0.29, 0.717) is 43.7 Å². The Morgan fingerprint density at radius 2 is 1.58 bits per heavy atom. The van der Waals surface area contributed by atoms with Gasteiger partial charge in [-0.05, 0) is 57.6 Å². The van der Waals surface area contributed by atoms with Crippen LogP contribution in [0.1, 0.15) is 61.6 Å². The van der Waals surface area contributed by atoms with Crippen molar-refractivity contribution in [2.24, 2.45) is 5.92 Å². The summed E-state index contributed by atoms with van der Waals surface area (Å²) in [4.78, 5) is 25.8. The molecule has 1 aromatic carbocycles. The van der Waals surface area contributed by atoms with E-state index in [4.69, 9.17) is 4.74 Å². The summed E-state index contributed by atoms with van der Waals surface area (Å²) in [5.41, 5.74) is 1.58. The van der Waals surface area contributed by atoms with E-state index in [9.17, 15) is 18.0 Å². The predicted molar refractivity (Wildman–Crippen MR) is 118 cm³/mol. The highest BCUT2D eigenvalue weighted by molar-refractivity contribution is 7.89. The van der Waals surface area contributed by atoms with Crippen molar-refractivity contribution >= 4 is 21.9 Å². The van der Waals surface area contributed by atoms with Crippen molar-refractivity contribution in [1.82, 2.24) is 9.62 Å². The number of nitrogens with one attached hydrogen (secondary N) is 1. The van der Waals surface area contributed by atoms with E-state index in [2.05, 4.69) is 5.32 Å². The monoisotopic (exact) mass is 450 g/mol. The van der Waals surface area contributed by atoms with E-state index in [0.717, 1.165) is 36.0 Å². The first kappa shape index (κ1) is 23.7. The van der Waals surface area contributed by atoms with Gasteiger partial charge in [0.25, 0.3) is 0 Å². The Morgan fingerprint density at radius 1 is 1.03 bits per heavy atom. The quantitative estimate of drug-likeness (QED) is 0.696. The van der Waals surface area contributed by atoms with Gasteiger partial charge in [-0.2, -0.15) is 4.31 Å². The molecule has 1 aliphatic carbocycles. The topological polar surface area (TPSA) is 92.8 Å². The van der Waals surface area contributed by atoms with Crippen LogP contribution in [0, 0.1) is 26.7 Å². The molecule has 3 rings (SSSR count). The smallest absolute Gasteiger partial charge is 0.331 e. The lowest BCUT2D eigenvalue weighted by atomic mass is 9.81. The number of esters is 1. The molecule has 0 radical (unpaired) electrons. The lowest BCUT2D eigenvalue weighted by molar-refractivity contribution is -0.153. The van der Waals surface area contributed by atoms with E-state index < -0.39 is 15.6 Å². The van der Waals surface area contributed by atoms with Crippen molar-refractivity contribution in [3.05, 3.63) is 28.8 Å². The van der Waals surface area contributed by atoms with Crippen molar-refractivity contribution < 1.29 is 22.7 Å². The first-order chi connectivity index (χ1) is 14.6. The molecule has 7 nitrogen and oxygen atoms in total. The summed E-state index contributed by atoms with van der Waals surface area (Å²) in [7, 11) is -2.27. The van der Waals surface area contributed by atoms with Crippen LogP contribution in [0.5, 0.6) is 0 Å². The number of hydrogen-bond donors (Lipinski definition) is 1. The fourth-order valence-corrected chi connectivity index (χ4v) is 7.01. The molecule has 1 aliphatic heterocycles. The van der Waals surface area contributed by atoms with Gasteiger partial charge in [-0.3, -0.25) is 4.79 Å². The maximum absolute atomic E-state index is 13.3. The molecule has 0 atom stereocenters. The SMILES string of the molecule is COC(=O)C1(NC(=O)C2CCN(S(=O)(=O)c3c(C)cc(C)cc3C)CC2)CCCCC1. The first-order valence-corrected chi connectivity index (χ1v) is 12.5. The number of carbonyl (C=O) groups excluding carboxylic acids is 2. The number of hydrogen-bond acceptors (Lipinski definition) is 5. The third kappa shape index (κ3) is 4.80. The van der Waals surface area contributed by atoms with Gasteiger partial charge < -0.3 is 10.1 Å². The van der Waals surface area contributed by atoms with Crippen LogP contribution in [-0.4, -0.2) is 50.3 Å². The van der Waals surface area contributed by atoms with Crippen LogP contribution in [0.3, 0.4) is 0 Å². The Morgan fingerprint density at radius 3 is 2.10 bits per heavy atom. The second-order valence-electron chi connectivity index (χ2n) is 9.03. The molecule has 1 saturated heterocycles. The molecule has 1 saturated carbocycles. The summed E-state index contributed by atoms with van der Waals surface area (Å²) < 4.78 is 33.0. The molecule has 1 N–H and O–H groups in total. The molecule has 0 bridgehead atoms. The van der Waals surface area contributed by atoms with Gasteiger partial charge in [0, 0.05) is 19.0 Å². The molecular weight excluding hydrogens is 416 g/mol. The van der Waals surface area contributed by atoms with E-state index >= 15 is 0 Å². The minimum absolute atomic E-state index is 0.174. The van der Waals surface area contributed by atoms with E-state index in [1.165, 1.54) is 11.4 Å². The summed E-state index contributed by atoms with van der Waals surface area (Å²) >= 11 is 0. The molecule has 8 heteroatoms. The van der Waals surface area contributed by atoms with Crippen molar-refractivity contribution in [2.45, 2.75) is 76.2 Å². The Hall–Kier alpha value is -1.93. The van der Waals surface area contributed by atoms with Gasteiger partial charge in [0.2, 0.25) is 15.9 Å². The lowest BCUT2D eigenvalue weighted by Gasteiger charge is -2.37. The number of carbonyl (C=O) groups is 2. The van der Waals surface area contributed by atoms with Gasteiger partial charge in [-0.15, -0.1) is 0 Å². The van der Waals surface area contributed by atoms with Gasteiger partial charge in [0.05, 0.1) is 12.0 Å². The summed E-state index contributed by atoms with van der Waals surface area (Å²) in [6.07, 6.45) is 4.85. The van der Waals surface area contributed by atoms with Crippen molar-refractivity contribution in [3.8, 4) is 0 Å². The van der Waals surface area contributed by atoms with Crippen LogP contribution in [0.2, 0.25) is 0 Å². The van der Waals surface area contributed by atoms with Gasteiger partial charge in [-0.1, -0.05) is 37.0 Å². The van der Waals surface area contributed by atoms with Gasteiger partial charge >= 0.3 is 5.97 Å². The molecule has 1 aromatic rings. The maximum Gasteiger partial charge on any atom is 0.331 e. The van der Waals surface area contributed by atoms with E-state index in [1.807, 2.05) is 32.9 Å². The lowest BCUT2D eigenvalue weighted by Crippen LogP contribution is -2.58. The molecule has 172 valence electrons. The third-order valence-corrected chi connectivity index (χ3v) is 8.88. The normalized spacial score (nSPS) is 20.3. The summed E-state index contributed by atoms with van der Waals surface area (Å²) in [6.45, 7) is 6.18. The number of piperidine rings is 1. The van der Waals surface area contributed by atoms with Crippen molar-refractivity contribution in [3.63, 3.8) is 0 Å². The number of nitrogens with zero attached hydrogens (tertiary/aromatic N) is 1. The number of methoxy groups -OCH3 is 1. The molecule has 0 unspecified atom stereocenters. The zero-order valence-electron chi connectivity index (χ0n) is 19.0. The molecule has 0 spiro atoms. The molecule has 1 heterocycles. The minimum Gasteiger partial charge on any atom is -0.467 e. The predicted octanol–water partition coefficient (Wildman–Crippen LogP) is 3.00. The molecule has 31 heavy (non-hydrogen) atoms. The van der Waals surface area contributed by atoms with E-state index in [1.54, 1.807) is 0 Å². The summed E-state index contributed by atoms with van der Waals surface area (Å²) in [5.74, 6) is -0.868. The Balaban J connectivity index is 1.69. The van der Waals surface area contributed by atoms with Crippen LogP contribution in [0.15, 0.2) is 17.0 Å². The number of ether oxygens (including phenoxy) is 1. The number of amides is 1. The van der Waals surface area contributed by atoms with Crippen LogP contribution in [-0.2, 0) is 24.3 Å². The summed E-state index contributed by atoms with van der Waals surface area (Å²) in [6, 6.07) is 3.77. The molecule has 2 fully saturated rings. The van der Waals surface area contributed by atoms with Gasteiger partial charge in [0.15, 0.2) is 0 Å². The second-order valence-corrected chi connectivity index (χ2v) is 10.9. The molecule has 0 aromatic heterocycles. The van der Waals surface area contributed by atoms with Crippen LogP contribution in [0.25, 0.3) is 0 Å². The average molecular weight is 451 g/mol. The average Bonchev–Trinajstić information content (AvgIpc) is 2.72. The largest absolute Gasteiger partial charge is 0.467 e. The van der Waals surface area contributed by atoms with E-state index in [-0.39, 0.29) is 17.8 Å². The molecule has 1 amide bonds. The zero-order valence-corrected chi connectivity index (χ0v) is 19.8. The number of benzene rings is 1. The molecular formula is C23H34N2O5S. The van der Waals surface area contributed by atoms with Gasteiger partial charge in [0.1, 0.15) is 5.54 Å². The van der Waals surface area contributed by atoms with Crippen LogP contribution >= 0.6 is 0 Å². The molecule has 2 aliphatic rings. The van der Waals surface area contributed by atoms with Crippen molar-refractivity contribution in [2.75, 3.05) is 20.2 Å². The summed E-state index contributed by atoms with van der Waals surface area (Å²) in [5, 5.41) is 2.98. The fraction of sp³-hybridized carbons (Fsp3) is 0.652. The second kappa shape index (κ2) is 9.28. The highest BCUT2D eigenvalue weighted by Gasteiger charge is 2.43. The highest BCUT2D eigenvalue weighted by Crippen LogP contribution is 2.32. The Kier molecular flexibility index (Phi) is 7.11. The standard InChI is InChI=1S/C23H34N2O5S/c1-16-14-17(2)20(18(3)15-16)31(28,29)25-12-8-19(9-13-25)21(26)24-23(22(27)30-4)10-6-5-7-11-23/h14-15,19H,5-13H2,1-4H3,(H,24,26). The first-order valence-electron chi connectivity index (χ1n) is 11.1. The van der Waals surface area contributed by atoms with Crippen molar-refractivity contribution in [1.29, 1.82) is 0 Å². The maximum atomic E-state index is 13.3.